The first-order valence-corrected chi connectivity index (χ1v) is 6.37. The number of nitrogens with one attached hydrogen (secondary N) is 1. The Kier molecular flexibility index (Phi) is 5.99. The van der Waals surface area contributed by atoms with Crippen LogP contribution < -0.4 is 44.7 Å². The van der Waals surface area contributed by atoms with Crippen LogP contribution in [0, 0.1) is 0 Å². The fraction of sp³-hybridized carbons (Fsp3) is 0.133. The molecule has 0 aromatic heterocycles. The number of phenolic OH excluding ortho intramolecular Hbond substituents is 3. The second-order valence-electron chi connectivity index (χ2n) is 4.89. The van der Waals surface area contributed by atoms with Crippen LogP contribution in [0.5, 0.6) is 17.2 Å². The molecule has 0 fully saturated rings. The summed E-state index contributed by atoms with van der Waals surface area (Å²) in [5.74, 6) is -0.108. The number of quaternary nitrogens is 1. The Labute approximate surface area is 148 Å². The number of phenols is 3. The van der Waals surface area contributed by atoms with Gasteiger partial charge in [-0.25, -0.2) is 4.99 Å². The van der Waals surface area contributed by atoms with Crippen molar-refractivity contribution in [2.75, 3.05) is 6.54 Å². The molecule has 7 heteroatoms. The highest BCUT2D eigenvalue weighted by atomic mass is 79.9. The van der Waals surface area contributed by atoms with Crippen LogP contribution in [-0.4, -0.2) is 27.6 Å². The van der Waals surface area contributed by atoms with E-state index in [1.54, 1.807) is 24.3 Å². The molecule has 1 heterocycles. The van der Waals surface area contributed by atoms with E-state index in [9.17, 15) is 15.3 Å². The van der Waals surface area contributed by atoms with Crippen LogP contribution in [0.25, 0.3) is 0 Å². The molecule has 0 saturated heterocycles. The van der Waals surface area contributed by atoms with Gasteiger partial charge in [-0.15, -0.1) is 0 Å². The van der Waals surface area contributed by atoms with Gasteiger partial charge in [-0.05, 0) is 29.8 Å². The number of fused-ring (bicyclic) bond motifs is 1. The van der Waals surface area contributed by atoms with Gasteiger partial charge in [0, 0.05) is 12.5 Å². The molecular weight excluding hydrogens is 416 g/mol. The monoisotopic (exact) mass is 430 g/mol. The second kappa shape index (κ2) is 7.13. The van der Waals surface area contributed by atoms with Gasteiger partial charge < -0.3 is 55.0 Å². The standard InChI is InChI=1S/C15H14N2O3.2BrH/c16-12-2-1-9(18)6-11(12)15-10-7-14(20)13(19)5-8(10)3-4-17-15;;/h1-2,5-7,18-20H,3-4,16H2;2*1H. The molecule has 0 bridgehead atoms. The highest BCUT2D eigenvalue weighted by Gasteiger charge is 2.26. The first-order chi connectivity index (χ1) is 9.56. The lowest BCUT2D eigenvalue weighted by Crippen LogP contribution is -3.00. The summed E-state index contributed by atoms with van der Waals surface area (Å²) in [5, 5.41) is 29.0. The van der Waals surface area contributed by atoms with Crippen LogP contribution in [0.15, 0.2) is 30.3 Å². The molecule has 2 aromatic carbocycles. The van der Waals surface area contributed by atoms with E-state index in [4.69, 9.17) is 0 Å². The van der Waals surface area contributed by atoms with Gasteiger partial charge in [-0.3, -0.25) is 0 Å². The number of hydrogen-bond donors (Lipinski definition) is 5. The molecule has 22 heavy (non-hydrogen) atoms. The van der Waals surface area contributed by atoms with E-state index < -0.39 is 0 Å². The predicted octanol–water partition coefficient (Wildman–Crippen LogP) is -6.84. The van der Waals surface area contributed by atoms with E-state index >= 15 is 0 Å². The maximum Gasteiger partial charge on any atom is 0.219 e. The van der Waals surface area contributed by atoms with Crippen LogP contribution in [-0.2, 0) is 6.42 Å². The van der Waals surface area contributed by atoms with Gasteiger partial charge in [0.1, 0.15) is 23.5 Å². The zero-order valence-corrected chi connectivity index (χ0v) is 14.8. The van der Waals surface area contributed by atoms with E-state index in [1.165, 1.54) is 6.07 Å². The lowest BCUT2D eigenvalue weighted by atomic mass is 9.92. The van der Waals surface area contributed by atoms with Gasteiger partial charge in [-0.1, -0.05) is 0 Å². The first-order valence-electron chi connectivity index (χ1n) is 6.37. The molecule has 0 atom stereocenters. The van der Waals surface area contributed by atoms with Crippen molar-refractivity contribution in [2.24, 2.45) is 0 Å². The van der Waals surface area contributed by atoms with E-state index in [0.29, 0.717) is 0 Å². The molecule has 2 aromatic rings. The minimum Gasteiger partial charge on any atom is -1.00 e. The SMILES string of the molecule is [Br-].[Br-].[NH3+]c1ccc(O)cc1C1=[NH+]CCc2cc(O)c(O)cc21. The lowest BCUT2D eigenvalue weighted by Gasteiger charge is -2.14. The minimum atomic E-state index is -0.157. The third-order valence-electron chi connectivity index (χ3n) is 3.53. The summed E-state index contributed by atoms with van der Waals surface area (Å²) < 4.78 is 0. The average Bonchev–Trinajstić information content (AvgIpc) is 2.42. The number of hydrogen-bond acceptors (Lipinski definition) is 3. The summed E-state index contributed by atoms with van der Waals surface area (Å²) in [7, 11) is 0. The fourth-order valence-corrected chi connectivity index (χ4v) is 2.51. The second-order valence-corrected chi connectivity index (χ2v) is 4.89. The summed E-state index contributed by atoms with van der Waals surface area (Å²) in [5.41, 5.74) is 8.12. The van der Waals surface area contributed by atoms with E-state index in [2.05, 4.69) is 10.7 Å². The Balaban J connectivity index is 0.00000121. The van der Waals surface area contributed by atoms with Gasteiger partial charge in [0.2, 0.25) is 5.71 Å². The van der Waals surface area contributed by atoms with Crippen LogP contribution in [0.2, 0.25) is 0 Å². The Morgan fingerprint density at radius 3 is 2.32 bits per heavy atom. The van der Waals surface area contributed by atoms with Crippen molar-refractivity contribution >= 4 is 11.4 Å². The van der Waals surface area contributed by atoms with Crippen molar-refractivity contribution < 1.29 is 60.0 Å². The highest BCUT2D eigenvalue weighted by Crippen LogP contribution is 2.31. The third kappa shape index (κ3) is 3.26. The largest absolute Gasteiger partial charge is 1.00 e. The zero-order valence-electron chi connectivity index (χ0n) is 11.6. The van der Waals surface area contributed by atoms with E-state index in [1.807, 2.05) is 0 Å². The predicted molar refractivity (Wildman–Crippen MR) is 73.2 cm³/mol. The molecule has 7 N–H and O–H groups in total. The maximum atomic E-state index is 9.71. The number of rotatable bonds is 1. The average molecular weight is 432 g/mol. The van der Waals surface area contributed by atoms with Gasteiger partial charge in [-0.2, -0.15) is 0 Å². The van der Waals surface area contributed by atoms with Crippen molar-refractivity contribution in [3.8, 4) is 17.2 Å². The van der Waals surface area contributed by atoms with Gasteiger partial charge in [0.25, 0.3) is 0 Å². The number of halogens is 2. The fourth-order valence-electron chi connectivity index (χ4n) is 2.51. The van der Waals surface area contributed by atoms with Crippen LogP contribution >= 0.6 is 0 Å². The molecule has 0 saturated carbocycles. The molecule has 0 spiro atoms. The van der Waals surface area contributed by atoms with Gasteiger partial charge in [0.15, 0.2) is 11.5 Å². The Morgan fingerprint density at radius 2 is 1.59 bits per heavy atom. The molecule has 1 aliphatic rings. The molecular formula is C15H16Br2N2O3. The summed E-state index contributed by atoms with van der Waals surface area (Å²) >= 11 is 0. The van der Waals surface area contributed by atoms with Crippen LogP contribution in [0.3, 0.4) is 0 Å². The van der Waals surface area contributed by atoms with Crippen LogP contribution in [0.1, 0.15) is 16.7 Å². The van der Waals surface area contributed by atoms with Crippen molar-refractivity contribution in [3.63, 3.8) is 0 Å². The van der Waals surface area contributed by atoms with Crippen molar-refractivity contribution in [1.29, 1.82) is 0 Å². The summed E-state index contributed by atoms with van der Waals surface area (Å²) in [6.07, 6.45) is 0.762. The Morgan fingerprint density at radius 1 is 0.909 bits per heavy atom. The van der Waals surface area contributed by atoms with Crippen LogP contribution in [0.4, 0.5) is 5.69 Å². The normalized spacial score (nSPS) is 12.5. The first kappa shape index (κ1) is 18.5. The molecule has 118 valence electrons. The lowest BCUT2D eigenvalue weighted by molar-refractivity contribution is -0.457. The number of benzene rings is 2. The molecule has 0 aliphatic carbocycles. The molecule has 0 radical (unpaired) electrons. The summed E-state index contributed by atoms with van der Waals surface area (Å²) in [4.78, 5) is 3.28. The molecule has 1 aliphatic heterocycles. The highest BCUT2D eigenvalue weighted by molar-refractivity contribution is 6.13. The van der Waals surface area contributed by atoms with Gasteiger partial charge in [0.05, 0.1) is 5.56 Å². The van der Waals surface area contributed by atoms with Crippen molar-refractivity contribution in [2.45, 2.75) is 6.42 Å². The van der Waals surface area contributed by atoms with Crippen molar-refractivity contribution in [3.05, 3.63) is 47.0 Å². The molecule has 3 rings (SSSR count). The van der Waals surface area contributed by atoms with Crippen molar-refractivity contribution in [1.82, 2.24) is 0 Å². The van der Waals surface area contributed by atoms with E-state index in [0.717, 1.165) is 41.1 Å². The quantitative estimate of drug-likeness (QED) is 0.290. The topological polar surface area (TPSA) is 102 Å². The minimum absolute atomic E-state index is 0. The molecule has 0 unspecified atom stereocenters. The Hall–Kier alpha value is -1.57. The summed E-state index contributed by atoms with van der Waals surface area (Å²) in [6, 6.07) is 8.09. The third-order valence-corrected chi connectivity index (χ3v) is 3.53. The smallest absolute Gasteiger partial charge is 0.219 e. The van der Waals surface area contributed by atoms with Gasteiger partial charge >= 0.3 is 0 Å². The maximum absolute atomic E-state index is 9.71. The zero-order chi connectivity index (χ0) is 14.3. The summed E-state index contributed by atoms with van der Waals surface area (Å²) in [6.45, 7) is 0.724. The Bertz CT molecular complexity index is 733. The van der Waals surface area contributed by atoms with E-state index in [-0.39, 0.29) is 51.2 Å². The number of aromatic hydroxyl groups is 3. The molecule has 5 nitrogen and oxygen atoms in total. The molecule has 0 amide bonds.